The van der Waals surface area contributed by atoms with Crippen LogP contribution in [0, 0.1) is 27.7 Å². The first-order valence-corrected chi connectivity index (χ1v) is 12.5. The molecule has 0 aliphatic rings. The highest BCUT2D eigenvalue weighted by Gasteiger charge is 2.21. The van der Waals surface area contributed by atoms with Crippen LogP contribution >= 0.6 is 11.6 Å². The van der Waals surface area contributed by atoms with E-state index in [1.807, 2.05) is 39.0 Å². The van der Waals surface area contributed by atoms with Crippen LogP contribution in [0.5, 0.6) is 0 Å². The Morgan fingerprint density at radius 3 is 2.42 bits per heavy atom. The summed E-state index contributed by atoms with van der Waals surface area (Å²) in [6.07, 6.45) is 2.60. The quantitative estimate of drug-likeness (QED) is 0.399. The third-order valence-corrected chi connectivity index (χ3v) is 6.90. The molecule has 0 aliphatic heterocycles. The van der Waals surface area contributed by atoms with Crippen molar-refractivity contribution in [3.63, 3.8) is 0 Å². The number of halogens is 1. The zero-order chi connectivity index (χ0) is 24.3. The number of aryl methyl sites for hydroxylation is 3. The van der Waals surface area contributed by atoms with Crippen molar-refractivity contribution in [1.82, 2.24) is 9.99 Å². The standard InChI is InChI=1S/C24H27ClN4O3S/c1-16-10-11-21(13-22(16)25)28(33(5,31)32)15-24(30)27-26-14-20-12-18(3)29(19(20)4)23-9-7-6-8-17(23)2/h6-14H,15H2,1-5H3,(H,27,30)/b26-14-. The summed E-state index contributed by atoms with van der Waals surface area (Å²) >= 11 is 6.13. The number of nitrogens with one attached hydrogen (secondary N) is 1. The van der Waals surface area contributed by atoms with Crippen LogP contribution in [0.3, 0.4) is 0 Å². The average Bonchev–Trinajstić information content (AvgIpc) is 3.01. The second kappa shape index (κ2) is 9.80. The lowest BCUT2D eigenvalue weighted by molar-refractivity contribution is -0.119. The monoisotopic (exact) mass is 486 g/mol. The van der Waals surface area contributed by atoms with Crippen molar-refractivity contribution in [2.45, 2.75) is 27.7 Å². The molecule has 0 atom stereocenters. The molecular formula is C24H27ClN4O3S. The van der Waals surface area contributed by atoms with Gasteiger partial charge in [-0.2, -0.15) is 5.10 Å². The van der Waals surface area contributed by atoms with Crippen LogP contribution in [0.1, 0.15) is 28.1 Å². The number of aromatic nitrogens is 1. The first-order chi connectivity index (χ1) is 15.5. The van der Waals surface area contributed by atoms with E-state index in [4.69, 9.17) is 11.6 Å². The Hall–Kier alpha value is -3.10. The lowest BCUT2D eigenvalue weighted by atomic mass is 10.2. The summed E-state index contributed by atoms with van der Waals surface area (Å²) in [5.74, 6) is -0.568. The Morgan fingerprint density at radius 2 is 1.79 bits per heavy atom. The van der Waals surface area contributed by atoms with Gasteiger partial charge in [0, 0.05) is 27.7 Å². The van der Waals surface area contributed by atoms with Gasteiger partial charge in [-0.25, -0.2) is 13.8 Å². The van der Waals surface area contributed by atoms with Crippen molar-refractivity contribution in [3.8, 4) is 5.69 Å². The molecule has 1 heterocycles. The van der Waals surface area contributed by atoms with Gasteiger partial charge in [-0.05, 0) is 63.1 Å². The molecule has 1 N–H and O–H groups in total. The molecule has 0 saturated heterocycles. The van der Waals surface area contributed by atoms with Gasteiger partial charge in [0.25, 0.3) is 5.91 Å². The number of anilines is 1. The zero-order valence-corrected chi connectivity index (χ0v) is 20.8. The highest BCUT2D eigenvalue weighted by atomic mass is 35.5. The zero-order valence-electron chi connectivity index (χ0n) is 19.3. The fourth-order valence-electron chi connectivity index (χ4n) is 3.58. The first-order valence-electron chi connectivity index (χ1n) is 10.3. The molecule has 0 bridgehead atoms. The van der Waals surface area contributed by atoms with E-state index in [1.54, 1.807) is 18.3 Å². The third kappa shape index (κ3) is 5.64. The molecule has 0 spiro atoms. The van der Waals surface area contributed by atoms with Crippen LogP contribution < -0.4 is 9.73 Å². The van der Waals surface area contributed by atoms with E-state index in [0.29, 0.717) is 10.7 Å². The number of carbonyl (C=O) groups is 1. The molecule has 9 heteroatoms. The summed E-state index contributed by atoms with van der Waals surface area (Å²) in [7, 11) is -3.70. The van der Waals surface area contributed by atoms with E-state index in [9.17, 15) is 13.2 Å². The number of sulfonamides is 1. The fourth-order valence-corrected chi connectivity index (χ4v) is 4.60. The molecule has 2 aromatic carbocycles. The minimum absolute atomic E-state index is 0.314. The molecule has 0 radical (unpaired) electrons. The van der Waals surface area contributed by atoms with Crippen LogP contribution in [-0.2, 0) is 14.8 Å². The Morgan fingerprint density at radius 1 is 1.09 bits per heavy atom. The normalized spacial score (nSPS) is 11.7. The predicted octanol–water partition coefficient (Wildman–Crippen LogP) is 4.28. The van der Waals surface area contributed by atoms with Crippen LogP contribution in [0.25, 0.3) is 5.69 Å². The number of hydrogen-bond donors (Lipinski definition) is 1. The summed E-state index contributed by atoms with van der Waals surface area (Å²) in [5.41, 5.74) is 8.63. The van der Waals surface area contributed by atoms with Gasteiger partial charge in [0.15, 0.2) is 0 Å². The largest absolute Gasteiger partial charge is 0.318 e. The maximum Gasteiger partial charge on any atom is 0.260 e. The minimum atomic E-state index is -3.70. The lowest BCUT2D eigenvalue weighted by Gasteiger charge is -2.21. The Kier molecular flexibility index (Phi) is 7.29. The van der Waals surface area contributed by atoms with Crippen molar-refractivity contribution in [2.24, 2.45) is 5.10 Å². The number of amides is 1. The topological polar surface area (TPSA) is 83.8 Å². The lowest BCUT2D eigenvalue weighted by Crippen LogP contribution is -2.39. The Balaban J connectivity index is 1.76. The molecule has 1 aromatic heterocycles. The fraction of sp³-hybridized carbons (Fsp3) is 0.250. The van der Waals surface area contributed by atoms with E-state index in [2.05, 4.69) is 34.2 Å². The molecule has 3 rings (SSSR count). The first kappa shape index (κ1) is 24.5. The number of hydrogen-bond acceptors (Lipinski definition) is 4. The van der Waals surface area contributed by atoms with E-state index in [1.165, 1.54) is 6.07 Å². The Bertz CT molecular complexity index is 1330. The number of rotatable bonds is 7. The summed E-state index contributed by atoms with van der Waals surface area (Å²) in [6, 6.07) is 14.9. The molecule has 0 unspecified atom stereocenters. The van der Waals surface area contributed by atoms with E-state index in [-0.39, 0.29) is 0 Å². The number of hydrazone groups is 1. The van der Waals surface area contributed by atoms with Gasteiger partial charge in [-0.3, -0.25) is 9.10 Å². The molecule has 7 nitrogen and oxygen atoms in total. The van der Waals surface area contributed by atoms with Gasteiger partial charge >= 0.3 is 0 Å². The maximum absolute atomic E-state index is 12.5. The van der Waals surface area contributed by atoms with Crippen molar-refractivity contribution in [3.05, 3.63) is 81.6 Å². The van der Waals surface area contributed by atoms with Crippen LogP contribution in [0.4, 0.5) is 5.69 Å². The number of benzene rings is 2. The molecular weight excluding hydrogens is 460 g/mol. The summed E-state index contributed by atoms with van der Waals surface area (Å²) < 4.78 is 27.7. The average molecular weight is 487 g/mol. The molecule has 3 aromatic rings. The van der Waals surface area contributed by atoms with Crippen molar-refractivity contribution < 1.29 is 13.2 Å². The smallest absolute Gasteiger partial charge is 0.260 e. The number of carbonyl (C=O) groups excluding carboxylic acids is 1. The molecule has 33 heavy (non-hydrogen) atoms. The van der Waals surface area contributed by atoms with Gasteiger partial charge < -0.3 is 4.57 Å². The summed E-state index contributed by atoms with van der Waals surface area (Å²) in [5, 5.41) is 4.47. The SMILES string of the molecule is Cc1ccc(N(CC(=O)N/N=C\c2cc(C)n(-c3ccccc3C)c2C)S(C)(=O)=O)cc1Cl. The molecule has 1 amide bonds. The van der Waals surface area contributed by atoms with Crippen LogP contribution in [0.15, 0.2) is 53.6 Å². The highest BCUT2D eigenvalue weighted by Crippen LogP contribution is 2.25. The number of para-hydroxylation sites is 1. The molecule has 174 valence electrons. The molecule has 0 saturated carbocycles. The Labute approximate surface area is 199 Å². The summed E-state index contributed by atoms with van der Waals surface area (Å²) in [4.78, 5) is 12.5. The highest BCUT2D eigenvalue weighted by molar-refractivity contribution is 7.92. The van der Waals surface area contributed by atoms with Crippen molar-refractivity contribution in [2.75, 3.05) is 17.1 Å². The van der Waals surface area contributed by atoms with Crippen molar-refractivity contribution in [1.29, 1.82) is 0 Å². The van der Waals surface area contributed by atoms with Gasteiger partial charge in [0.05, 0.1) is 18.2 Å². The third-order valence-electron chi connectivity index (χ3n) is 5.35. The van der Waals surface area contributed by atoms with Gasteiger partial charge in [-0.1, -0.05) is 35.9 Å². The van der Waals surface area contributed by atoms with E-state index >= 15 is 0 Å². The number of nitrogens with zero attached hydrogens (tertiary/aromatic N) is 3. The minimum Gasteiger partial charge on any atom is -0.318 e. The van der Waals surface area contributed by atoms with Gasteiger partial charge in [0.1, 0.15) is 6.54 Å². The van der Waals surface area contributed by atoms with Crippen LogP contribution in [0.2, 0.25) is 5.02 Å². The second-order valence-corrected chi connectivity index (χ2v) is 10.3. The predicted molar refractivity (Wildman–Crippen MR) is 134 cm³/mol. The van der Waals surface area contributed by atoms with E-state index in [0.717, 1.165) is 44.3 Å². The van der Waals surface area contributed by atoms with Gasteiger partial charge in [-0.15, -0.1) is 0 Å². The van der Waals surface area contributed by atoms with Gasteiger partial charge in [0.2, 0.25) is 10.0 Å². The van der Waals surface area contributed by atoms with Crippen LogP contribution in [-0.4, -0.2) is 37.9 Å². The molecule has 0 aliphatic carbocycles. The van der Waals surface area contributed by atoms with E-state index < -0.39 is 22.5 Å². The van der Waals surface area contributed by atoms with Crippen molar-refractivity contribution >= 4 is 39.4 Å². The second-order valence-electron chi connectivity index (χ2n) is 7.94. The molecule has 0 fully saturated rings. The maximum atomic E-state index is 12.5. The summed E-state index contributed by atoms with van der Waals surface area (Å²) in [6.45, 7) is 7.43.